The molecule has 1 atom stereocenters. The number of aryl methyl sites for hydroxylation is 1. The molecule has 0 bridgehead atoms. The number of esters is 1. The SMILES string of the molecule is COC(=O)c1cccc(C(O)c2c(-c3ccccc3)nn3c([Si](C)(C)C)c(C)ccc23)c1. The van der Waals surface area contributed by atoms with Crippen molar-refractivity contribution in [2.75, 3.05) is 7.11 Å². The summed E-state index contributed by atoms with van der Waals surface area (Å²) in [5, 5.41) is 17.8. The first-order chi connectivity index (χ1) is 15.2. The predicted octanol–water partition coefficient (Wildman–Crippen LogP) is 4.72. The molecule has 0 fully saturated rings. The van der Waals surface area contributed by atoms with Gasteiger partial charge in [0.2, 0.25) is 0 Å². The summed E-state index contributed by atoms with van der Waals surface area (Å²) in [5.74, 6) is -0.432. The molecule has 0 radical (unpaired) electrons. The van der Waals surface area contributed by atoms with E-state index in [1.807, 2.05) is 47.0 Å². The minimum absolute atomic E-state index is 0.403. The quantitative estimate of drug-likeness (QED) is 0.357. The highest BCUT2D eigenvalue weighted by molar-refractivity contribution is 6.88. The van der Waals surface area contributed by atoms with E-state index in [2.05, 4.69) is 32.6 Å². The molecule has 2 aromatic carbocycles. The van der Waals surface area contributed by atoms with Gasteiger partial charge in [0.15, 0.2) is 0 Å². The highest BCUT2D eigenvalue weighted by Gasteiger charge is 2.28. The van der Waals surface area contributed by atoms with E-state index in [1.54, 1.807) is 18.2 Å². The highest BCUT2D eigenvalue weighted by atomic mass is 28.3. The number of rotatable bonds is 5. The van der Waals surface area contributed by atoms with Crippen molar-refractivity contribution in [2.45, 2.75) is 32.7 Å². The van der Waals surface area contributed by atoms with Crippen molar-refractivity contribution in [1.29, 1.82) is 0 Å². The third-order valence-electron chi connectivity index (χ3n) is 5.69. The lowest BCUT2D eigenvalue weighted by atomic mass is 9.96. The standard InChI is InChI=1S/C26H28N2O3Si/c1-17-14-15-21-22(24(29)19-12-9-13-20(16-19)26(30)31-2)23(18-10-7-6-8-11-18)27-28(21)25(17)32(3,4)5/h6-16,24,29H,1-5H3. The molecular weight excluding hydrogens is 416 g/mol. The Labute approximate surface area is 189 Å². The number of nitrogens with zero attached hydrogens (tertiary/aromatic N) is 2. The van der Waals surface area contributed by atoms with Crippen molar-refractivity contribution in [1.82, 2.24) is 9.61 Å². The van der Waals surface area contributed by atoms with E-state index in [1.165, 1.54) is 18.0 Å². The van der Waals surface area contributed by atoms with Crippen molar-refractivity contribution >= 4 is 24.9 Å². The molecule has 0 saturated carbocycles. The molecule has 32 heavy (non-hydrogen) atoms. The van der Waals surface area contributed by atoms with Gasteiger partial charge in [0, 0.05) is 16.4 Å². The van der Waals surface area contributed by atoms with Gasteiger partial charge in [-0.25, -0.2) is 9.31 Å². The Morgan fingerprint density at radius 3 is 2.41 bits per heavy atom. The lowest BCUT2D eigenvalue weighted by Gasteiger charge is -2.21. The number of methoxy groups -OCH3 is 1. The zero-order valence-electron chi connectivity index (χ0n) is 19.1. The highest BCUT2D eigenvalue weighted by Crippen LogP contribution is 2.35. The first kappa shape index (κ1) is 22.0. The van der Waals surface area contributed by atoms with Crippen molar-refractivity contribution in [3.05, 3.63) is 89.0 Å². The number of carbonyl (C=O) groups excluding carboxylic acids is 1. The van der Waals surface area contributed by atoms with Crippen LogP contribution in [0.5, 0.6) is 0 Å². The van der Waals surface area contributed by atoms with Gasteiger partial charge in [0.05, 0.1) is 23.9 Å². The third-order valence-corrected chi connectivity index (χ3v) is 7.72. The number of ether oxygens (including phenoxy) is 1. The number of hydrogen-bond acceptors (Lipinski definition) is 4. The fraction of sp³-hybridized carbons (Fsp3) is 0.231. The molecule has 1 N–H and O–H groups in total. The summed E-state index contributed by atoms with van der Waals surface area (Å²) in [7, 11) is -0.386. The summed E-state index contributed by atoms with van der Waals surface area (Å²) in [6.07, 6.45) is -0.954. The summed E-state index contributed by atoms with van der Waals surface area (Å²) < 4.78 is 6.88. The van der Waals surface area contributed by atoms with Gasteiger partial charge in [-0.1, -0.05) is 68.2 Å². The molecule has 164 valence electrons. The normalized spacial score (nSPS) is 12.7. The number of aliphatic hydroxyl groups is 1. The van der Waals surface area contributed by atoms with E-state index < -0.39 is 20.1 Å². The van der Waals surface area contributed by atoms with Crippen LogP contribution in [0.2, 0.25) is 19.6 Å². The van der Waals surface area contributed by atoms with Crippen LogP contribution in [-0.4, -0.2) is 35.9 Å². The molecule has 0 aliphatic rings. The van der Waals surface area contributed by atoms with Gasteiger partial charge in [-0.05, 0) is 36.2 Å². The topological polar surface area (TPSA) is 63.8 Å². The van der Waals surface area contributed by atoms with Crippen LogP contribution >= 0.6 is 0 Å². The van der Waals surface area contributed by atoms with Crippen molar-refractivity contribution in [3.8, 4) is 11.3 Å². The molecule has 4 aromatic rings. The van der Waals surface area contributed by atoms with Gasteiger partial charge >= 0.3 is 5.97 Å². The van der Waals surface area contributed by atoms with E-state index in [9.17, 15) is 9.90 Å². The summed E-state index contributed by atoms with van der Waals surface area (Å²) in [6.45, 7) is 9.02. The van der Waals surface area contributed by atoms with Crippen LogP contribution in [-0.2, 0) is 4.74 Å². The van der Waals surface area contributed by atoms with Crippen molar-refractivity contribution in [3.63, 3.8) is 0 Å². The third kappa shape index (κ3) is 3.87. The summed E-state index contributed by atoms with van der Waals surface area (Å²) in [4.78, 5) is 12.1. The maximum absolute atomic E-state index is 12.1. The Morgan fingerprint density at radius 1 is 1.03 bits per heavy atom. The summed E-state index contributed by atoms with van der Waals surface area (Å²) in [6, 6.07) is 21.0. The van der Waals surface area contributed by atoms with Crippen LogP contribution in [0.3, 0.4) is 0 Å². The molecule has 0 amide bonds. The van der Waals surface area contributed by atoms with Crippen LogP contribution in [0, 0.1) is 6.92 Å². The second kappa shape index (κ2) is 8.37. The molecule has 0 aliphatic carbocycles. The number of hydrogen-bond donors (Lipinski definition) is 1. The largest absolute Gasteiger partial charge is 0.465 e. The molecule has 1 unspecified atom stereocenters. The first-order valence-corrected chi connectivity index (χ1v) is 14.2. The molecule has 2 heterocycles. The second-order valence-electron chi connectivity index (χ2n) is 9.06. The van der Waals surface area contributed by atoms with Crippen LogP contribution in [0.4, 0.5) is 0 Å². The maximum Gasteiger partial charge on any atom is 0.337 e. The number of carbonyl (C=O) groups is 1. The molecule has 0 spiro atoms. The Morgan fingerprint density at radius 2 is 1.75 bits per heavy atom. The Kier molecular flexibility index (Phi) is 5.75. The van der Waals surface area contributed by atoms with Gasteiger partial charge in [0.25, 0.3) is 0 Å². The fourth-order valence-electron chi connectivity index (χ4n) is 4.33. The van der Waals surface area contributed by atoms with Gasteiger partial charge in [-0.15, -0.1) is 0 Å². The van der Waals surface area contributed by atoms with Crippen molar-refractivity contribution in [2.24, 2.45) is 0 Å². The van der Waals surface area contributed by atoms with E-state index in [0.717, 1.165) is 22.3 Å². The smallest absolute Gasteiger partial charge is 0.337 e. The number of aliphatic hydroxyl groups excluding tert-OH is 1. The van der Waals surface area contributed by atoms with Gasteiger partial charge < -0.3 is 9.84 Å². The van der Waals surface area contributed by atoms with Crippen LogP contribution in [0.1, 0.15) is 33.2 Å². The average molecular weight is 445 g/mol. The minimum atomic E-state index is -1.74. The zero-order valence-corrected chi connectivity index (χ0v) is 20.1. The van der Waals surface area contributed by atoms with E-state index in [4.69, 9.17) is 9.84 Å². The molecule has 5 nitrogen and oxygen atoms in total. The summed E-state index contributed by atoms with van der Waals surface area (Å²) >= 11 is 0. The van der Waals surface area contributed by atoms with Gasteiger partial charge in [-0.3, -0.25) is 0 Å². The molecule has 4 rings (SSSR count). The van der Waals surface area contributed by atoms with Crippen LogP contribution in [0.15, 0.2) is 66.7 Å². The summed E-state index contributed by atoms with van der Waals surface area (Å²) in [5.41, 5.74) is 5.52. The molecule has 6 heteroatoms. The molecular formula is C26H28N2O3Si. The first-order valence-electron chi connectivity index (χ1n) is 10.7. The number of fused-ring (bicyclic) bond motifs is 1. The lowest BCUT2D eigenvalue weighted by Crippen LogP contribution is -2.44. The average Bonchev–Trinajstić information content (AvgIpc) is 3.16. The molecule has 2 aromatic heterocycles. The number of benzene rings is 2. The monoisotopic (exact) mass is 444 g/mol. The Hall–Kier alpha value is -3.22. The van der Waals surface area contributed by atoms with E-state index in [-0.39, 0.29) is 0 Å². The number of pyridine rings is 1. The van der Waals surface area contributed by atoms with E-state index in [0.29, 0.717) is 11.1 Å². The van der Waals surface area contributed by atoms with Crippen LogP contribution < -0.4 is 5.32 Å². The minimum Gasteiger partial charge on any atom is -0.465 e. The Bertz CT molecular complexity index is 1290. The lowest BCUT2D eigenvalue weighted by molar-refractivity contribution is 0.0600. The fourth-order valence-corrected chi connectivity index (χ4v) is 6.40. The van der Waals surface area contributed by atoms with Gasteiger partial charge in [-0.2, -0.15) is 5.10 Å². The van der Waals surface area contributed by atoms with Gasteiger partial charge in [0.1, 0.15) is 14.2 Å². The second-order valence-corrected chi connectivity index (χ2v) is 14.0. The predicted molar refractivity (Wildman–Crippen MR) is 130 cm³/mol. The van der Waals surface area contributed by atoms with E-state index >= 15 is 0 Å². The zero-order chi connectivity index (χ0) is 23.0. The molecule has 0 aliphatic heterocycles. The molecule has 0 saturated heterocycles. The Balaban J connectivity index is 2.00. The van der Waals surface area contributed by atoms with Crippen molar-refractivity contribution < 1.29 is 14.6 Å². The number of aromatic nitrogens is 2. The van der Waals surface area contributed by atoms with Crippen LogP contribution in [0.25, 0.3) is 16.8 Å². The maximum atomic E-state index is 12.1.